The lowest BCUT2D eigenvalue weighted by molar-refractivity contribution is 0.276. The number of unbranched alkanes of at least 4 members (excludes halogenated alkanes) is 43. The van der Waals surface area contributed by atoms with Gasteiger partial charge in [-0.3, -0.25) is 0 Å². The van der Waals surface area contributed by atoms with E-state index in [4.69, 9.17) is 4.89 Å². The molecule has 0 aliphatic carbocycles. The van der Waals surface area contributed by atoms with Gasteiger partial charge in [0.15, 0.2) is 0 Å². The van der Waals surface area contributed by atoms with Crippen LogP contribution in [-0.4, -0.2) is 11.5 Å². The minimum Gasteiger partial charge on any atom is -0.133 e. The summed E-state index contributed by atoms with van der Waals surface area (Å²) in [6.45, 7) is 29.6. The van der Waals surface area contributed by atoms with Crippen molar-refractivity contribution in [1.29, 1.82) is 0 Å². The Hall–Kier alpha value is 0.0200. The molecule has 0 saturated carbocycles. The normalized spacial score (nSPS) is 10.4. The van der Waals surface area contributed by atoms with E-state index in [2.05, 4.69) is 87.6 Å². The summed E-state index contributed by atoms with van der Waals surface area (Å²) in [5.41, 5.74) is 0. The third-order valence-corrected chi connectivity index (χ3v) is 12.8. The van der Waals surface area contributed by atoms with Crippen LogP contribution in [0.4, 0.5) is 0 Å². The van der Waals surface area contributed by atoms with Crippen LogP contribution in [0, 0.1) is 0 Å². The van der Waals surface area contributed by atoms with Gasteiger partial charge in [0.2, 0.25) is 0 Å². The molecule has 0 aliphatic heterocycles. The highest BCUT2D eigenvalue weighted by atomic mass is 31.1. The fraction of sp³-hybridized carbons (Fsp3) is 1.00. The van der Waals surface area contributed by atoms with Gasteiger partial charge in [0.25, 0.3) is 0 Å². The molecule has 0 aliphatic rings. The Bertz CT molecular complexity index is 529. The minimum atomic E-state index is -2.36. The topological polar surface area (TPSA) is 46.5 Å². The zero-order chi connectivity index (χ0) is 52.3. The van der Waals surface area contributed by atoms with Gasteiger partial charge in [-0.1, -0.05) is 405 Å². The summed E-state index contributed by atoms with van der Waals surface area (Å²) in [4.78, 5) is 8.07. The highest BCUT2D eigenvalue weighted by Crippen LogP contribution is 2.15. The third kappa shape index (κ3) is 126. The summed E-state index contributed by atoms with van der Waals surface area (Å²) in [7, 11) is -2.36. The zero-order valence-electron chi connectivity index (χ0n) is 50.8. The first-order valence-corrected chi connectivity index (χ1v) is 33.2. The largest absolute Gasteiger partial charge is 0.694 e. The molecule has 1 atom stereocenters. The molecule has 0 amide bonds. The SMILES string of the molecule is CCCCCCCCCC.CCCCCCCCCC.CCCCCCCCCC.CCCCCCCCCC.CCCCCCCCCC.CCCCCCCCCC.CCCCO[P+](=O)O. The van der Waals surface area contributed by atoms with Gasteiger partial charge in [-0.15, -0.1) is 9.42 Å². The smallest absolute Gasteiger partial charge is 0.133 e. The Balaban J connectivity index is -0.000000128. The lowest BCUT2D eigenvalue weighted by Gasteiger charge is -1.97. The Morgan fingerprint density at radius 1 is 0.206 bits per heavy atom. The molecule has 0 aromatic rings. The summed E-state index contributed by atoms with van der Waals surface area (Å²) >= 11 is 0. The molecule has 0 spiro atoms. The summed E-state index contributed by atoms with van der Waals surface area (Å²) < 4.78 is 14.1. The molecule has 0 saturated heterocycles. The summed E-state index contributed by atoms with van der Waals surface area (Å²) in [6.07, 6.45) is 70.6. The Kier molecular flexibility index (Phi) is 116. The van der Waals surface area contributed by atoms with E-state index in [1.165, 1.54) is 308 Å². The van der Waals surface area contributed by atoms with Crippen LogP contribution in [0.25, 0.3) is 0 Å². The second kappa shape index (κ2) is 96.5. The van der Waals surface area contributed by atoms with Crippen molar-refractivity contribution in [2.24, 2.45) is 0 Å². The number of hydrogen-bond donors (Lipinski definition) is 1. The highest BCUT2D eigenvalue weighted by Gasteiger charge is 2.09. The van der Waals surface area contributed by atoms with Crippen molar-refractivity contribution in [2.75, 3.05) is 6.61 Å². The van der Waals surface area contributed by atoms with E-state index in [1.54, 1.807) is 0 Å². The lowest BCUT2D eigenvalue weighted by atomic mass is 10.1. The second-order valence-corrected chi connectivity index (χ2v) is 20.9. The average molecular weight is 991 g/mol. The summed E-state index contributed by atoms with van der Waals surface area (Å²) in [5, 5.41) is 0. The van der Waals surface area contributed by atoms with Crippen molar-refractivity contribution >= 4 is 8.25 Å². The molecule has 0 aromatic carbocycles. The van der Waals surface area contributed by atoms with Crippen LogP contribution in [0.5, 0.6) is 0 Å². The molecular formula is C64H142O3P+. The van der Waals surface area contributed by atoms with E-state index in [1.807, 2.05) is 6.92 Å². The van der Waals surface area contributed by atoms with Crippen molar-refractivity contribution in [2.45, 2.75) is 411 Å². The van der Waals surface area contributed by atoms with E-state index in [9.17, 15) is 4.57 Å². The van der Waals surface area contributed by atoms with Crippen LogP contribution >= 0.6 is 8.25 Å². The van der Waals surface area contributed by atoms with Crippen molar-refractivity contribution in [3.8, 4) is 0 Å². The summed E-state index contributed by atoms with van der Waals surface area (Å²) in [6, 6.07) is 0. The monoisotopic (exact) mass is 990 g/mol. The predicted molar refractivity (Wildman–Crippen MR) is 320 cm³/mol. The molecule has 3 nitrogen and oxygen atoms in total. The Labute approximate surface area is 438 Å². The maximum atomic E-state index is 9.80. The summed E-state index contributed by atoms with van der Waals surface area (Å²) in [5.74, 6) is 0. The second-order valence-electron chi connectivity index (χ2n) is 20.2. The third-order valence-electron chi connectivity index (χ3n) is 12.4. The molecule has 0 rings (SSSR count). The van der Waals surface area contributed by atoms with Gasteiger partial charge in [0.1, 0.15) is 6.61 Å². The lowest BCUT2D eigenvalue weighted by Crippen LogP contribution is -1.82. The van der Waals surface area contributed by atoms with Gasteiger partial charge in [0.05, 0.1) is 0 Å². The van der Waals surface area contributed by atoms with Crippen LogP contribution in [0.15, 0.2) is 0 Å². The van der Waals surface area contributed by atoms with Crippen LogP contribution in [0.2, 0.25) is 0 Å². The van der Waals surface area contributed by atoms with Gasteiger partial charge < -0.3 is 0 Å². The average Bonchev–Trinajstić information content (AvgIpc) is 3.34. The first kappa shape index (κ1) is 82.1. The van der Waals surface area contributed by atoms with Crippen molar-refractivity contribution < 1.29 is 14.0 Å². The van der Waals surface area contributed by atoms with E-state index in [0.717, 1.165) is 12.8 Å². The molecule has 0 aromatic heterocycles. The Morgan fingerprint density at radius 3 is 0.397 bits per heavy atom. The molecule has 68 heavy (non-hydrogen) atoms. The van der Waals surface area contributed by atoms with Gasteiger partial charge >= 0.3 is 8.25 Å². The fourth-order valence-electron chi connectivity index (χ4n) is 7.53. The van der Waals surface area contributed by atoms with Crippen LogP contribution in [-0.2, 0) is 9.09 Å². The maximum absolute atomic E-state index is 9.80. The van der Waals surface area contributed by atoms with Crippen LogP contribution in [0.1, 0.15) is 411 Å². The van der Waals surface area contributed by atoms with E-state index in [0.29, 0.717) is 6.61 Å². The quantitative estimate of drug-likeness (QED) is 0.0488. The van der Waals surface area contributed by atoms with Crippen LogP contribution in [0.3, 0.4) is 0 Å². The highest BCUT2D eigenvalue weighted by molar-refractivity contribution is 7.32. The van der Waals surface area contributed by atoms with E-state index >= 15 is 0 Å². The van der Waals surface area contributed by atoms with Gasteiger partial charge in [-0.05, 0) is 6.42 Å². The van der Waals surface area contributed by atoms with E-state index in [-0.39, 0.29) is 0 Å². The van der Waals surface area contributed by atoms with Crippen molar-refractivity contribution in [1.82, 2.24) is 0 Å². The molecular weight excluding hydrogens is 848 g/mol. The predicted octanol–water partition coefficient (Wildman–Crippen LogP) is 26.3. The van der Waals surface area contributed by atoms with Crippen molar-refractivity contribution in [3.63, 3.8) is 0 Å². The molecule has 1 unspecified atom stereocenters. The molecule has 0 bridgehead atoms. The minimum absolute atomic E-state index is 0.391. The first-order chi connectivity index (χ1) is 33.3. The van der Waals surface area contributed by atoms with Gasteiger partial charge in [-0.2, -0.15) is 0 Å². The molecule has 0 radical (unpaired) electrons. The zero-order valence-corrected chi connectivity index (χ0v) is 51.7. The van der Waals surface area contributed by atoms with Gasteiger partial charge in [-0.25, -0.2) is 0 Å². The number of rotatable bonds is 46. The molecule has 0 fully saturated rings. The number of hydrogen-bond acceptors (Lipinski definition) is 2. The van der Waals surface area contributed by atoms with Gasteiger partial charge in [0, 0.05) is 4.57 Å². The molecule has 420 valence electrons. The fourth-order valence-corrected chi connectivity index (χ4v) is 7.81. The maximum Gasteiger partial charge on any atom is 0.694 e. The Morgan fingerprint density at radius 2 is 0.309 bits per heavy atom. The molecule has 4 heteroatoms. The standard InChI is InChI=1S/6C10H22.C4H9O3P/c6*1-3-5-7-9-10-8-6-4-2;1-2-3-4-7-8(5)6/h6*3-10H2,1-2H3;2-4H2,1H3/p+1. The molecule has 0 heterocycles. The molecule has 1 N–H and O–H groups in total. The first-order valence-electron chi connectivity index (χ1n) is 32.0. The van der Waals surface area contributed by atoms with E-state index < -0.39 is 8.25 Å². The van der Waals surface area contributed by atoms with Crippen LogP contribution < -0.4 is 0 Å². The van der Waals surface area contributed by atoms with Crippen molar-refractivity contribution in [3.05, 3.63) is 0 Å².